The Hall–Kier alpha value is -1.46. The fraction of sp³-hybridized carbons (Fsp3) is 0.400. The van der Waals surface area contributed by atoms with E-state index in [-0.39, 0.29) is 18.9 Å². The van der Waals surface area contributed by atoms with Crippen molar-refractivity contribution in [1.29, 1.82) is 0 Å². The normalized spacial score (nSPS) is 17.4. The Labute approximate surface area is 155 Å². The lowest BCUT2D eigenvalue weighted by Crippen LogP contribution is -2.36. The predicted molar refractivity (Wildman–Crippen MR) is 99.0 cm³/mol. The molecule has 134 valence electrons. The molecule has 5 heteroatoms. The van der Waals surface area contributed by atoms with Gasteiger partial charge in [0.1, 0.15) is 12.4 Å². The molecule has 0 amide bonds. The lowest BCUT2D eigenvalue weighted by molar-refractivity contribution is -0.0405. The lowest BCUT2D eigenvalue weighted by atomic mass is 9.92. The standard InChI is InChI=1S/C20H22BrF2NO/c21-17-10-16(13-24-18-6-8-20(22,23)9-7-18)11-19(12-17)25-14-15-4-2-1-3-5-15/h1-5,10-12,18,24H,6-9,13-14H2. The summed E-state index contributed by atoms with van der Waals surface area (Å²) in [6.07, 6.45) is 1.01. The second kappa shape index (κ2) is 8.28. The van der Waals surface area contributed by atoms with Gasteiger partial charge in [-0.15, -0.1) is 0 Å². The zero-order valence-electron chi connectivity index (χ0n) is 14.0. The maximum absolute atomic E-state index is 13.2. The van der Waals surface area contributed by atoms with Crippen LogP contribution in [0.5, 0.6) is 5.75 Å². The average molecular weight is 410 g/mol. The molecule has 25 heavy (non-hydrogen) atoms. The van der Waals surface area contributed by atoms with Crippen LogP contribution in [-0.4, -0.2) is 12.0 Å². The topological polar surface area (TPSA) is 21.3 Å². The third-order valence-electron chi connectivity index (χ3n) is 4.49. The molecule has 1 N–H and O–H groups in total. The van der Waals surface area contributed by atoms with Crippen LogP contribution in [0, 0.1) is 0 Å². The van der Waals surface area contributed by atoms with Crippen LogP contribution in [0.2, 0.25) is 0 Å². The molecular formula is C20H22BrF2NO. The first-order valence-corrected chi connectivity index (χ1v) is 9.37. The third kappa shape index (κ3) is 5.79. The zero-order valence-corrected chi connectivity index (χ0v) is 15.6. The van der Waals surface area contributed by atoms with Crippen molar-refractivity contribution in [3.63, 3.8) is 0 Å². The molecule has 0 bridgehead atoms. The highest BCUT2D eigenvalue weighted by atomic mass is 79.9. The first kappa shape index (κ1) is 18.3. The Balaban J connectivity index is 1.54. The monoisotopic (exact) mass is 409 g/mol. The highest BCUT2D eigenvalue weighted by Gasteiger charge is 2.34. The van der Waals surface area contributed by atoms with Crippen LogP contribution >= 0.6 is 15.9 Å². The molecule has 3 rings (SSSR count). The molecule has 0 heterocycles. The van der Waals surface area contributed by atoms with E-state index in [2.05, 4.69) is 21.2 Å². The summed E-state index contributed by atoms with van der Waals surface area (Å²) >= 11 is 3.51. The van der Waals surface area contributed by atoms with Crippen molar-refractivity contribution in [2.24, 2.45) is 0 Å². The highest BCUT2D eigenvalue weighted by molar-refractivity contribution is 9.10. The van der Waals surface area contributed by atoms with Gasteiger partial charge >= 0.3 is 0 Å². The largest absolute Gasteiger partial charge is 0.489 e. The number of benzene rings is 2. The minimum absolute atomic E-state index is 0.0193. The number of hydrogen-bond acceptors (Lipinski definition) is 2. The third-order valence-corrected chi connectivity index (χ3v) is 4.95. The molecular weight excluding hydrogens is 388 g/mol. The Morgan fingerprint density at radius 3 is 2.48 bits per heavy atom. The van der Waals surface area contributed by atoms with Gasteiger partial charge in [-0.1, -0.05) is 46.3 Å². The van der Waals surface area contributed by atoms with Crippen molar-refractivity contribution in [3.8, 4) is 5.75 Å². The van der Waals surface area contributed by atoms with E-state index >= 15 is 0 Å². The molecule has 0 spiro atoms. The van der Waals surface area contributed by atoms with Crippen LogP contribution in [0.1, 0.15) is 36.8 Å². The van der Waals surface area contributed by atoms with Gasteiger partial charge in [-0.25, -0.2) is 8.78 Å². The summed E-state index contributed by atoms with van der Waals surface area (Å²) in [5, 5.41) is 3.39. The van der Waals surface area contributed by atoms with Crippen molar-refractivity contribution < 1.29 is 13.5 Å². The summed E-state index contributed by atoms with van der Waals surface area (Å²) in [5.74, 6) is -1.68. The number of halogens is 3. The molecule has 1 fully saturated rings. The van der Waals surface area contributed by atoms with E-state index in [1.54, 1.807) is 0 Å². The Morgan fingerprint density at radius 1 is 1.04 bits per heavy atom. The van der Waals surface area contributed by atoms with Crippen LogP contribution in [0.4, 0.5) is 8.78 Å². The van der Waals surface area contributed by atoms with Gasteiger partial charge in [-0.3, -0.25) is 0 Å². The van der Waals surface area contributed by atoms with Gasteiger partial charge < -0.3 is 10.1 Å². The molecule has 1 saturated carbocycles. The fourth-order valence-corrected chi connectivity index (χ4v) is 3.57. The quantitative estimate of drug-likeness (QED) is 0.660. The van der Waals surface area contributed by atoms with Crippen molar-refractivity contribution in [3.05, 3.63) is 64.1 Å². The molecule has 2 aromatic carbocycles. The average Bonchev–Trinajstić information content (AvgIpc) is 2.60. The van der Waals surface area contributed by atoms with Gasteiger partial charge in [0.15, 0.2) is 0 Å². The second-order valence-corrected chi connectivity index (χ2v) is 7.50. The Bertz CT molecular complexity index is 683. The maximum Gasteiger partial charge on any atom is 0.248 e. The molecule has 2 aromatic rings. The van der Waals surface area contributed by atoms with E-state index in [4.69, 9.17) is 4.74 Å². The van der Waals surface area contributed by atoms with E-state index in [0.717, 1.165) is 21.3 Å². The Kier molecular flexibility index (Phi) is 6.07. The number of nitrogens with one attached hydrogen (secondary N) is 1. The van der Waals surface area contributed by atoms with Gasteiger partial charge in [0, 0.05) is 29.9 Å². The van der Waals surface area contributed by atoms with Crippen LogP contribution < -0.4 is 10.1 Å². The van der Waals surface area contributed by atoms with Gasteiger partial charge in [-0.2, -0.15) is 0 Å². The molecule has 1 aliphatic rings. The highest BCUT2D eigenvalue weighted by Crippen LogP contribution is 2.33. The predicted octanol–water partition coefficient (Wildman–Crippen LogP) is 5.70. The first-order valence-electron chi connectivity index (χ1n) is 8.58. The van der Waals surface area contributed by atoms with E-state index in [1.165, 1.54) is 0 Å². The van der Waals surface area contributed by atoms with E-state index in [9.17, 15) is 8.78 Å². The molecule has 0 aliphatic heterocycles. The summed E-state index contributed by atoms with van der Waals surface area (Å²) in [6.45, 7) is 1.17. The second-order valence-electron chi connectivity index (χ2n) is 6.58. The van der Waals surface area contributed by atoms with Crippen molar-refractivity contribution in [2.45, 2.75) is 50.8 Å². The Morgan fingerprint density at radius 2 is 1.76 bits per heavy atom. The fourth-order valence-electron chi connectivity index (χ4n) is 3.05. The number of rotatable bonds is 6. The number of alkyl halides is 2. The van der Waals surface area contributed by atoms with Crippen LogP contribution in [0.15, 0.2) is 53.0 Å². The summed E-state index contributed by atoms with van der Waals surface area (Å²) in [6, 6.07) is 16.1. The summed E-state index contributed by atoms with van der Waals surface area (Å²) in [5.41, 5.74) is 2.19. The summed E-state index contributed by atoms with van der Waals surface area (Å²) < 4.78 is 33.3. The lowest BCUT2D eigenvalue weighted by Gasteiger charge is -2.29. The smallest absolute Gasteiger partial charge is 0.248 e. The van der Waals surface area contributed by atoms with Gasteiger partial charge in [0.2, 0.25) is 5.92 Å². The minimum Gasteiger partial charge on any atom is -0.489 e. The van der Waals surface area contributed by atoms with Crippen molar-refractivity contribution in [1.82, 2.24) is 5.32 Å². The van der Waals surface area contributed by atoms with Crippen LogP contribution in [0.3, 0.4) is 0 Å². The van der Waals surface area contributed by atoms with Crippen molar-refractivity contribution >= 4 is 15.9 Å². The van der Waals surface area contributed by atoms with Gasteiger partial charge in [0.05, 0.1) is 0 Å². The van der Waals surface area contributed by atoms with Gasteiger partial charge in [0.25, 0.3) is 0 Å². The van der Waals surface area contributed by atoms with Gasteiger partial charge in [-0.05, 0) is 42.2 Å². The minimum atomic E-state index is -2.48. The summed E-state index contributed by atoms with van der Waals surface area (Å²) in [4.78, 5) is 0. The molecule has 0 radical (unpaired) electrons. The summed E-state index contributed by atoms with van der Waals surface area (Å²) in [7, 11) is 0. The zero-order chi connectivity index (χ0) is 17.7. The molecule has 2 nitrogen and oxygen atoms in total. The maximum atomic E-state index is 13.2. The molecule has 1 aliphatic carbocycles. The molecule has 0 saturated heterocycles. The molecule has 0 aromatic heterocycles. The first-order chi connectivity index (χ1) is 12.0. The number of ether oxygens (including phenoxy) is 1. The SMILES string of the molecule is FC1(F)CCC(NCc2cc(Br)cc(OCc3ccccc3)c2)CC1. The number of hydrogen-bond donors (Lipinski definition) is 1. The van der Waals surface area contributed by atoms with Crippen LogP contribution in [-0.2, 0) is 13.2 Å². The van der Waals surface area contributed by atoms with Crippen molar-refractivity contribution in [2.75, 3.05) is 0 Å². The van der Waals surface area contributed by atoms with E-state index in [0.29, 0.717) is 26.0 Å². The van der Waals surface area contributed by atoms with E-state index < -0.39 is 5.92 Å². The molecule has 0 atom stereocenters. The van der Waals surface area contributed by atoms with E-state index in [1.807, 2.05) is 48.5 Å². The van der Waals surface area contributed by atoms with Crippen LogP contribution in [0.25, 0.3) is 0 Å². The molecule has 0 unspecified atom stereocenters.